The number of rotatable bonds is 8. The Labute approximate surface area is 167 Å². The smallest absolute Gasteiger partial charge is 0.326 e. The molecule has 8 nitrogen and oxygen atoms in total. The summed E-state index contributed by atoms with van der Waals surface area (Å²) in [5.41, 5.74) is 0.675. The quantitative estimate of drug-likeness (QED) is 0.516. The predicted molar refractivity (Wildman–Crippen MR) is 103 cm³/mol. The summed E-state index contributed by atoms with van der Waals surface area (Å²) in [4.78, 5) is 39.8. The van der Waals surface area contributed by atoms with Crippen molar-refractivity contribution in [2.45, 2.75) is 20.0 Å². The molecule has 0 spiro atoms. The van der Waals surface area contributed by atoms with Gasteiger partial charge in [-0.15, -0.1) is 0 Å². The maximum atomic E-state index is 12.1. The van der Waals surface area contributed by atoms with E-state index in [4.69, 9.17) is 21.1 Å². The molecule has 0 saturated heterocycles. The second kappa shape index (κ2) is 10.3. The van der Waals surface area contributed by atoms with E-state index in [0.29, 0.717) is 23.6 Å². The van der Waals surface area contributed by atoms with Gasteiger partial charge in [-0.25, -0.2) is 4.98 Å². The highest BCUT2D eigenvalue weighted by Gasteiger charge is 2.19. The Balaban J connectivity index is 1.80. The molecule has 1 aromatic carbocycles. The van der Waals surface area contributed by atoms with Crippen LogP contribution in [0, 0.1) is 0 Å². The summed E-state index contributed by atoms with van der Waals surface area (Å²) in [6.45, 7) is 3.41. The molecule has 0 saturated carbocycles. The van der Waals surface area contributed by atoms with Gasteiger partial charge in [0.05, 0.1) is 12.3 Å². The van der Waals surface area contributed by atoms with Gasteiger partial charge in [0.25, 0.3) is 11.8 Å². The summed E-state index contributed by atoms with van der Waals surface area (Å²) in [5.74, 6) is -1.12. The first-order valence-corrected chi connectivity index (χ1v) is 8.90. The minimum Gasteiger partial charge on any atom is -0.494 e. The normalized spacial score (nSPS) is 11.2. The predicted octanol–water partition coefficient (Wildman–Crippen LogP) is 2.43. The zero-order valence-corrected chi connectivity index (χ0v) is 16.2. The highest BCUT2D eigenvalue weighted by molar-refractivity contribution is 6.32. The van der Waals surface area contributed by atoms with Crippen LogP contribution in [0.25, 0.3) is 0 Å². The van der Waals surface area contributed by atoms with Crippen LogP contribution >= 0.6 is 11.6 Å². The molecular formula is C19H20ClN3O5. The molecule has 0 bridgehead atoms. The number of ether oxygens (including phenoxy) is 2. The van der Waals surface area contributed by atoms with Crippen molar-refractivity contribution in [1.82, 2.24) is 10.3 Å². The van der Waals surface area contributed by atoms with Crippen LogP contribution in [-0.4, -0.2) is 42.0 Å². The van der Waals surface area contributed by atoms with Crippen molar-refractivity contribution in [3.8, 4) is 5.75 Å². The highest BCUT2D eigenvalue weighted by atomic mass is 35.5. The number of amides is 2. The largest absolute Gasteiger partial charge is 0.494 e. The summed E-state index contributed by atoms with van der Waals surface area (Å²) in [6, 6.07) is 9.66. The van der Waals surface area contributed by atoms with E-state index in [0.717, 1.165) is 0 Å². The third kappa shape index (κ3) is 6.24. The van der Waals surface area contributed by atoms with Gasteiger partial charge in [-0.3, -0.25) is 14.4 Å². The van der Waals surface area contributed by atoms with Crippen molar-refractivity contribution in [2.75, 3.05) is 18.5 Å². The van der Waals surface area contributed by atoms with Crippen LogP contribution in [0.3, 0.4) is 0 Å². The molecule has 2 rings (SSSR count). The van der Waals surface area contributed by atoms with Crippen LogP contribution < -0.4 is 15.4 Å². The number of hydrogen-bond acceptors (Lipinski definition) is 6. The van der Waals surface area contributed by atoms with E-state index in [9.17, 15) is 14.4 Å². The number of carbonyl (C=O) groups is 3. The number of anilines is 1. The first kappa shape index (κ1) is 21.2. The molecular weight excluding hydrogens is 386 g/mol. The van der Waals surface area contributed by atoms with Gasteiger partial charge in [-0.05, 0) is 50.2 Å². The molecule has 0 fully saturated rings. The number of halogens is 1. The molecule has 1 atom stereocenters. The van der Waals surface area contributed by atoms with Gasteiger partial charge in [-0.1, -0.05) is 11.6 Å². The Morgan fingerprint density at radius 1 is 1.18 bits per heavy atom. The molecule has 0 aliphatic heterocycles. The first-order chi connectivity index (χ1) is 13.4. The number of carbonyl (C=O) groups excluding carboxylic acids is 3. The lowest BCUT2D eigenvalue weighted by molar-refractivity contribution is -0.152. The number of benzene rings is 1. The SMILES string of the molecule is CCOc1ccc(C(=O)NCC(=O)O[C@@H](C)C(=O)Nc2cccnc2Cl)cc1. The van der Waals surface area contributed by atoms with Crippen LogP contribution in [0.1, 0.15) is 24.2 Å². The van der Waals surface area contributed by atoms with Crippen molar-refractivity contribution in [1.29, 1.82) is 0 Å². The molecule has 148 valence electrons. The fourth-order valence-electron chi connectivity index (χ4n) is 2.13. The Morgan fingerprint density at radius 3 is 2.54 bits per heavy atom. The maximum Gasteiger partial charge on any atom is 0.326 e. The molecule has 2 aromatic rings. The number of aromatic nitrogens is 1. The van der Waals surface area contributed by atoms with Crippen LogP contribution in [0.2, 0.25) is 5.15 Å². The summed E-state index contributed by atoms with van der Waals surface area (Å²) < 4.78 is 10.3. The van der Waals surface area contributed by atoms with Crippen LogP contribution in [-0.2, 0) is 14.3 Å². The van der Waals surface area contributed by atoms with Crippen LogP contribution in [0.5, 0.6) is 5.75 Å². The van der Waals surface area contributed by atoms with Crippen molar-refractivity contribution >= 4 is 35.1 Å². The number of nitrogens with one attached hydrogen (secondary N) is 2. The number of hydrogen-bond donors (Lipinski definition) is 2. The average molecular weight is 406 g/mol. The van der Waals surface area contributed by atoms with E-state index in [2.05, 4.69) is 15.6 Å². The van der Waals surface area contributed by atoms with Gasteiger partial charge in [0.1, 0.15) is 12.3 Å². The fraction of sp³-hybridized carbons (Fsp3) is 0.263. The minimum atomic E-state index is -1.08. The fourth-order valence-corrected chi connectivity index (χ4v) is 2.30. The first-order valence-electron chi connectivity index (χ1n) is 8.52. The number of esters is 1. The third-order valence-corrected chi connectivity index (χ3v) is 3.82. The molecule has 0 aliphatic rings. The van der Waals surface area contributed by atoms with Gasteiger partial charge >= 0.3 is 5.97 Å². The van der Waals surface area contributed by atoms with E-state index in [-0.39, 0.29) is 11.7 Å². The summed E-state index contributed by atoms with van der Waals surface area (Å²) in [7, 11) is 0. The van der Waals surface area contributed by atoms with Gasteiger partial charge < -0.3 is 20.1 Å². The van der Waals surface area contributed by atoms with Crippen molar-refractivity contribution in [3.63, 3.8) is 0 Å². The highest BCUT2D eigenvalue weighted by Crippen LogP contribution is 2.17. The topological polar surface area (TPSA) is 107 Å². The summed E-state index contributed by atoms with van der Waals surface area (Å²) in [5, 5.41) is 5.07. The van der Waals surface area contributed by atoms with Gasteiger partial charge in [-0.2, -0.15) is 0 Å². The number of nitrogens with zero attached hydrogens (tertiary/aromatic N) is 1. The van der Waals surface area contributed by atoms with E-state index in [1.54, 1.807) is 36.4 Å². The molecule has 28 heavy (non-hydrogen) atoms. The molecule has 2 amide bonds. The van der Waals surface area contributed by atoms with Gasteiger partial charge in [0, 0.05) is 11.8 Å². The second-order valence-electron chi connectivity index (χ2n) is 5.60. The van der Waals surface area contributed by atoms with Crippen molar-refractivity contribution in [2.24, 2.45) is 0 Å². The monoisotopic (exact) mass is 405 g/mol. The van der Waals surface area contributed by atoms with E-state index in [1.807, 2.05) is 6.92 Å². The molecule has 1 heterocycles. The van der Waals surface area contributed by atoms with Crippen molar-refractivity contribution < 1.29 is 23.9 Å². The Hall–Kier alpha value is -3.13. The Morgan fingerprint density at radius 2 is 1.89 bits per heavy atom. The molecule has 0 unspecified atom stereocenters. The zero-order chi connectivity index (χ0) is 20.5. The molecule has 1 aromatic heterocycles. The van der Waals surface area contributed by atoms with E-state index in [1.165, 1.54) is 13.1 Å². The minimum absolute atomic E-state index is 0.122. The summed E-state index contributed by atoms with van der Waals surface area (Å²) >= 11 is 5.86. The number of pyridine rings is 1. The average Bonchev–Trinajstić information content (AvgIpc) is 2.68. The second-order valence-corrected chi connectivity index (χ2v) is 5.96. The maximum absolute atomic E-state index is 12.1. The zero-order valence-electron chi connectivity index (χ0n) is 15.4. The summed E-state index contributed by atoms with van der Waals surface area (Å²) in [6.07, 6.45) is 0.403. The van der Waals surface area contributed by atoms with E-state index < -0.39 is 23.9 Å². The van der Waals surface area contributed by atoms with Gasteiger partial charge in [0.2, 0.25) is 0 Å². The van der Waals surface area contributed by atoms with Crippen molar-refractivity contribution in [3.05, 3.63) is 53.3 Å². The van der Waals surface area contributed by atoms with E-state index >= 15 is 0 Å². The molecule has 0 radical (unpaired) electrons. The lowest BCUT2D eigenvalue weighted by Crippen LogP contribution is -2.35. The van der Waals surface area contributed by atoms with Gasteiger partial charge in [0.15, 0.2) is 11.3 Å². The molecule has 0 aliphatic carbocycles. The Kier molecular flexibility index (Phi) is 7.76. The molecule has 9 heteroatoms. The standard InChI is InChI=1S/C19H20ClN3O5/c1-3-27-14-8-6-13(7-9-14)19(26)22-11-16(24)28-12(2)18(25)23-15-5-4-10-21-17(15)20/h4-10,12H,3,11H2,1-2H3,(H,22,26)(H,23,25)/t12-/m0/s1. The third-order valence-electron chi connectivity index (χ3n) is 3.52. The lowest BCUT2D eigenvalue weighted by Gasteiger charge is -2.14. The van der Waals surface area contributed by atoms with Crippen LogP contribution in [0.4, 0.5) is 5.69 Å². The molecule has 2 N–H and O–H groups in total. The van der Waals surface area contributed by atoms with Crippen LogP contribution in [0.15, 0.2) is 42.6 Å². The Bertz CT molecular complexity index is 842. The lowest BCUT2D eigenvalue weighted by atomic mass is 10.2.